The van der Waals surface area contributed by atoms with Crippen molar-refractivity contribution >= 4 is 34.7 Å². The van der Waals surface area contributed by atoms with E-state index in [0.717, 1.165) is 23.9 Å². The summed E-state index contributed by atoms with van der Waals surface area (Å²) in [6.45, 7) is 2.58. The highest BCUT2D eigenvalue weighted by atomic mass is 32.1. The summed E-state index contributed by atoms with van der Waals surface area (Å²) in [4.78, 5) is 42.0. The molecule has 0 radical (unpaired) electrons. The summed E-state index contributed by atoms with van der Waals surface area (Å²) in [7, 11) is 0. The normalized spacial score (nSPS) is 14.3. The van der Waals surface area contributed by atoms with Crippen molar-refractivity contribution in [3.05, 3.63) is 45.4 Å². The maximum Gasteiger partial charge on any atom is 0.275 e. The van der Waals surface area contributed by atoms with Gasteiger partial charge in [-0.2, -0.15) is 0 Å². The number of carbonyl (C=O) groups is 3. The minimum atomic E-state index is -1.03. The SMILES string of the molecule is CCCc1nc(C(=O)Nc2cc(C(=O)N3CCNC(=O)CC3)c(F)cc2F)cs1. The van der Waals surface area contributed by atoms with Crippen LogP contribution in [0.5, 0.6) is 0 Å². The summed E-state index contributed by atoms with van der Waals surface area (Å²) in [5.41, 5.74) is -0.554. The Morgan fingerprint density at radius 3 is 2.83 bits per heavy atom. The molecule has 0 saturated carbocycles. The average molecular weight is 422 g/mol. The van der Waals surface area contributed by atoms with Gasteiger partial charge in [-0.1, -0.05) is 6.92 Å². The number of carbonyl (C=O) groups excluding carboxylic acids is 3. The van der Waals surface area contributed by atoms with E-state index in [1.54, 1.807) is 5.38 Å². The van der Waals surface area contributed by atoms with Crippen molar-refractivity contribution in [3.8, 4) is 0 Å². The summed E-state index contributed by atoms with van der Waals surface area (Å²) in [5.74, 6) is -3.54. The van der Waals surface area contributed by atoms with E-state index in [9.17, 15) is 23.2 Å². The number of aromatic nitrogens is 1. The molecule has 2 heterocycles. The van der Waals surface area contributed by atoms with E-state index in [4.69, 9.17) is 0 Å². The van der Waals surface area contributed by atoms with Crippen molar-refractivity contribution in [2.45, 2.75) is 26.2 Å². The standard InChI is InChI=1S/C19H20F2N4O3S/c1-2-3-17-23-15(10-29-17)18(27)24-14-8-11(12(20)9-13(14)21)19(28)25-6-4-16(26)22-5-7-25/h8-10H,2-7H2,1H3,(H,22,26)(H,24,27). The smallest absolute Gasteiger partial charge is 0.275 e. The van der Waals surface area contributed by atoms with Crippen molar-refractivity contribution in [1.82, 2.24) is 15.2 Å². The van der Waals surface area contributed by atoms with Crippen LogP contribution >= 0.6 is 11.3 Å². The predicted octanol–water partition coefficient (Wildman–Crippen LogP) is 2.59. The van der Waals surface area contributed by atoms with E-state index in [-0.39, 0.29) is 48.9 Å². The molecule has 1 aliphatic heterocycles. The largest absolute Gasteiger partial charge is 0.354 e. The van der Waals surface area contributed by atoms with Crippen LogP contribution in [0.25, 0.3) is 0 Å². The topological polar surface area (TPSA) is 91.4 Å². The fraction of sp³-hybridized carbons (Fsp3) is 0.368. The first-order valence-electron chi connectivity index (χ1n) is 9.19. The van der Waals surface area contributed by atoms with E-state index >= 15 is 0 Å². The van der Waals surface area contributed by atoms with Gasteiger partial charge in [0.2, 0.25) is 5.91 Å². The van der Waals surface area contributed by atoms with Crippen LogP contribution in [0.15, 0.2) is 17.5 Å². The van der Waals surface area contributed by atoms with Crippen LogP contribution < -0.4 is 10.6 Å². The Hall–Kier alpha value is -2.88. The van der Waals surface area contributed by atoms with Crippen molar-refractivity contribution in [3.63, 3.8) is 0 Å². The van der Waals surface area contributed by atoms with Gasteiger partial charge in [0.1, 0.15) is 17.3 Å². The first-order chi connectivity index (χ1) is 13.9. The van der Waals surface area contributed by atoms with Gasteiger partial charge in [0.05, 0.1) is 16.3 Å². The highest BCUT2D eigenvalue weighted by molar-refractivity contribution is 7.09. The molecule has 154 valence electrons. The summed E-state index contributed by atoms with van der Waals surface area (Å²) in [6, 6.07) is 1.54. The molecule has 0 aliphatic carbocycles. The molecule has 29 heavy (non-hydrogen) atoms. The summed E-state index contributed by atoms with van der Waals surface area (Å²) in [5, 5.41) is 7.33. The Morgan fingerprint density at radius 1 is 1.28 bits per heavy atom. The van der Waals surface area contributed by atoms with Crippen LogP contribution in [0, 0.1) is 11.6 Å². The lowest BCUT2D eigenvalue weighted by Crippen LogP contribution is -2.34. The molecule has 2 aromatic rings. The monoisotopic (exact) mass is 422 g/mol. The lowest BCUT2D eigenvalue weighted by atomic mass is 10.1. The van der Waals surface area contributed by atoms with Crippen molar-refractivity contribution in [2.75, 3.05) is 25.0 Å². The number of aryl methyl sites for hydroxylation is 1. The third-order valence-corrected chi connectivity index (χ3v) is 5.29. The number of nitrogens with zero attached hydrogens (tertiary/aromatic N) is 2. The molecular weight excluding hydrogens is 402 g/mol. The molecular formula is C19H20F2N4O3S. The molecule has 1 fully saturated rings. The zero-order valence-electron chi connectivity index (χ0n) is 15.8. The highest BCUT2D eigenvalue weighted by Gasteiger charge is 2.24. The first kappa shape index (κ1) is 20.8. The number of nitrogens with one attached hydrogen (secondary N) is 2. The Kier molecular flexibility index (Phi) is 6.53. The zero-order valence-corrected chi connectivity index (χ0v) is 16.6. The number of amides is 3. The van der Waals surface area contributed by atoms with Gasteiger partial charge in [0.15, 0.2) is 0 Å². The minimum absolute atomic E-state index is 0.0993. The van der Waals surface area contributed by atoms with E-state index in [2.05, 4.69) is 15.6 Å². The third kappa shape index (κ3) is 4.94. The van der Waals surface area contributed by atoms with E-state index in [0.29, 0.717) is 6.07 Å². The van der Waals surface area contributed by atoms with Crippen molar-refractivity contribution in [2.24, 2.45) is 0 Å². The van der Waals surface area contributed by atoms with Gasteiger partial charge in [-0.3, -0.25) is 14.4 Å². The van der Waals surface area contributed by atoms with E-state index in [1.807, 2.05) is 6.92 Å². The number of hydrogen-bond acceptors (Lipinski definition) is 5. The summed E-state index contributed by atoms with van der Waals surface area (Å²) >= 11 is 1.33. The van der Waals surface area contributed by atoms with Gasteiger partial charge in [-0.15, -0.1) is 11.3 Å². The number of benzene rings is 1. The first-order valence-corrected chi connectivity index (χ1v) is 10.1. The summed E-state index contributed by atoms with van der Waals surface area (Å²) < 4.78 is 28.5. The second-order valence-corrected chi connectivity index (χ2v) is 7.48. The lowest BCUT2D eigenvalue weighted by Gasteiger charge is -2.20. The molecule has 1 aromatic heterocycles. The van der Waals surface area contributed by atoms with Crippen LogP contribution in [0.2, 0.25) is 0 Å². The number of hydrogen-bond donors (Lipinski definition) is 2. The Morgan fingerprint density at radius 2 is 2.07 bits per heavy atom. The number of rotatable bonds is 5. The van der Waals surface area contributed by atoms with E-state index < -0.39 is 23.4 Å². The molecule has 3 rings (SSSR count). The van der Waals surface area contributed by atoms with Crippen molar-refractivity contribution < 1.29 is 23.2 Å². The molecule has 1 aliphatic rings. The number of halogens is 2. The molecule has 2 N–H and O–H groups in total. The van der Waals surface area contributed by atoms with Crippen LogP contribution in [0.4, 0.5) is 14.5 Å². The van der Waals surface area contributed by atoms with Gasteiger partial charge in [-0.25, -0.2) is 13.8 Å². The lowest BCUT2D eigenvalue weighted by molar-refractivity contribution is -0.120. The maximum atomic E-state index is 14.3. The minimum Gasteiger partial charge on any atom is -0.354 e. The highest BCUT2D eigenvalue weighted by Crippen LogP contribution is 2.22. The van der Waals surface area contributed by atoms with Crippen LogP contribution in [-0.2, 0) is 11.2 Å². The summed E-state index contributed by atoms with van der Waals surface area (Å²) in [6.07, 6.45) is 1.71. The second kappa shape index (κ2) is 9.08. The third-order valence-electron chi connectivity index (χ3n) is 4.38. The molecule has 0 atom stereocenters. The van der Waals surface area contributed by atoms with E-state index in [1.165, 1.54) is 16.2 Å². The fourth-order valence-electron chi connectivity index (χ4n) is 2.88. The van der Waals surface area contributed by atoms with Crippen LogP contribution in [0.3, 0.4) is 0 Å². The Balaban J connectivity index is 1.80. The Bertz CT molecular complexity index is 948. The molecule has 1 saturated heterocycles. The molecule has 0 bridgehead atoms. The second-order valence-electron chi connectivity index (χ2n) is 6.53. The van der Waals surface area contributed by atoms with Gasteiger partial charge >= 0.3 is 0 Å². The Labute approximate surface area is 170 Å². The number of thiazole rings is 1. The van der Waals surface area contributed by atoms with Crippen molar-refractivity contribution in [1.29, 1.82) is 0 Å². The fourth-order valence-corrected chi connectivity index (χ4v) is 3.76. The predicted molar refractivity (Wildman–Crippen MR) is 104 cm³/mol. The van der Waals surface area contributed by atoms with Gasteiger partial charge in [0.25, 0.3) is 11.8 Å². The average Bonchev–Trinajstić information content (AvgIpc) is 3.04. The quantitative estimate of drug-likeness (QED) is 0.775. The molecule has 0 spiro atoms. The van der Waals surface area contributed by atoms with Gasteiger partial charge in [0, 0.05) is 37.5 Å². The van der Waals surface area contributed by atoms with Crippen LogP contribution in [-0.4, -0.2) is 47.2 Å². The zero-order chi connectivity index (χ0) is 21.0. The molecule has 0 unspecified atom stereocenters. The molecule has 1 aromatic carbocycles. The molecule has 3 amide bonds. The maximum absolute atomic E-state index is 14.3. The van der Waals surface area contributed by atoms with Gasteiger partial charge in [-0.05, 0) is 18.9 Å². The molecule has 7 nitrogen and oxygen atoms in total. The van der Waals surface area contributed by atoms with Crippen LogP contribution in [0.1, 0.15) is 45.6 Å². The number of anilines is 1. The molecule has 10 heteroatoms. The van der Waals surface area contributed by atoms with Gasteiger partial charge < -0.3 is 15.5 Å².